The molecule has 0 saturated heterocycles. The highest BCUT2D eigenvalue weighted by molar-refractivity contribution is 7.92. The molecule has 0 atom stereocenters. The van der Waals surface area contributed by atoms with E-state index in [4.69, 9.17) is 4.74 Å². The van der Waals surface area contributed by atoms with E-state index in [0.29, 0.717) is 0 Å². The molecule has 1 amide bonds. The van der Waals surface area contributed by atoms with Gasteiger partial charge < -0.3 is 10.1 Å². The maximum atomic E-state index is 13.3. The van der Waals surface area contributed by atoms with E-state index in [9.17, 15) is 26.4 Å². The van der Waals surface area contributed by atoms with Gasteiger partial charge in [0.05, 0.1) is 28.9 Å². The van der Waals surface area contributed by atoms with Crippen molar-refractivity contribution in [2.24, 2.45) is 0 Å². The van der Waals surface area contributed by atoms with E-state index in [1.165, 1.54) is 55.6 Å². The number of rotatable bonds is 7. The van der Waals surface area contributed by atoms with Crippen LogP contribution in [0.2, 0.25) is 0 Å². The van der Waals surface area contributed by atoms with Gasteiger partial charge in [-0.1, -0.05) is 42.5 Å². The minimum Gasteiger partial charge on any atom is -0.495 e. The molecule has 32 heavy (non-hydrogen) atoms. The first kappa shape index (κ1) is 23.1. The minimum atomic E-state index is -4.69. The summed E-state index contributed by atoms with van der Waals surface area (Å²) in [4.78, 5) is 12.6. The van der Waals surface area contributed by atoms with E-state index in [1.807, 2.05) is 0 Å². The van der Waals surface area contributed by atoms with Crippen molar-refractivity contribution in [1.29, 1.82) is 0 Å². The van der Waals surface area contributed by atoms with Crippen molar-refractivity contribution in [1.82, 2.24) is 0 Å². The van der Waals surface area contributed by atoms with Gasteiger partial charge in [0.1, 0.15) is 12.3 Å². The van der Waals surface area contributed by atoms with E-state index in [0.717, 1.165) is 16.4 Å². The van der Waals surface area contributed by atoms with Crippen LogP contribution in [-0.2, 0) is 21.0 Å². The SMILES string of the molecule is COc1ccccc1N(CC(=O)Nc1ccccc1C(F)(F)F)S(=O)(=O)c1ccccc1. The van der Waals surface area contributed by atoms with Crippen LogP contribution < -0.4 is 14.4 Å². The third-order valence-electron chi connectivity index (χ3n) is 4.48. The summed E-state index contributed by atoms with van der Waals surface area (Å²) in [7, 11) is -2.90. The number of alkyl halides is 3. The second-order valence-corrected chi connectivity index (χ2v) is 8.45. The molecule has 0 aliphatic carbocycles. The van der Waals surface area contributed by atoms with Gasteiger partial charge in [-0.15, -0.1) is 0 Å². The summed E-state index contributed by atoms with van der Waals surface area (Å²) in [6, 6.07) is 18.0. The Morgan fingerprint density at radius 3 is 2.19 bits per heavy atom. The second kappa shape index (κ2) is 9.31. The lowest BCUT2D eigenvalue weighted by atomic mass is 10.1. The molecule has 3 rings (SSSR count). The van der Waals surface area contributed by atoms with Gasteiger partial charge in [0.2, 0.25) is 5.91 Å². The van der Waals surface area contributed by atoms with Crippen molar-refractivity contribution >= 4 is 27.3 Å². The minimum absolute atomic E-state index is 0.0677. The zero-order valence-electron chi connectivity index (χ0n) is 16.8. The van der Waals surface area contributed by atoms with Gasteiger partial charge in [0.25, 0.3) is 10.0 Å². The second-order valence-electron chi connectivity index (χ2n) is 6.59. The molecule has 6 nitrogen and oxygen atoms in total. The number of nitrogens with one attached hydrogen (secondary N) is 1. The summed E-state index contributed by atoms with van der Waals surface area (Å²) in [6.45, 7) is -0.774. The number of methoxy groups -OCH3 is 1. The van der Waals surface area contributed by atoms with Crippen LogP contribution >= 0.6 is 0 Å². The fourth-order valence-corrected chi connectivity index (χ4v) is 4.47. The molecule has 3 aromatic carbocycles. The smallest absolute Gasteiger partial charge is 0.418 e. The number of anilines is 2. The Hall–Kier alpha value is -3.53. The van der Waals surface area contributed by atoms with Crippen molar-refractivity contribution in [2.45, 2.75) is 11.1 Å². The van der Waals surface area contributed by atoms with Crippen LogP contribution in [-0.4, -0.2) is 28.0 Å². The van der Waals surface area contributed by atoms with E-state index >= 15 is 0 Å². The van der Waals surface area contributed by atoms with Crippen molar-refractivity contribution in [3.63, 3.8) is 0 Å². The molecule has 0 spiro atoms. The highest BCUT2D eigenvalue weighted by Crippen LogP contribution is 2.35. The Labute approximate surface area is 183 Å². The van der Waals surface area contributed by atoms with Crippen LogP contribution in [0, 0.1) is 0 Å². The van der Waals surface area contributed by atoms with Crippen LogP contribution in [0.3, 0.4) is 0 Å². The van der Waals surface area contributed by atoms with Gasteiger partial charge in [-0.05, 0) is 36.4 Å². The van der Waals surface area contributed by atoms with Crippen molar-refractivity contribution in [3.8, 4) is 5.75 Å². The number of carbonyl (C=O) groups excluding carboxylic acids is 1. The van der Waals surface area contributed by atoms with Crippen LogP contribution in [0.25, 0.3) is 0 Å². The van der Waals surface area contributed by atoms with E-state index in [-0.39, 0.29) is 16.3 Å². The van der Waals surface area contributed by atoms with Gasteiger partial charge in [-0.2, -0.15) is 13.2 Å². The predicted octanol–water partition coefficient (Wildman–Crippen LogP) is 4.55. The normalized spacial score (nSPS) is 11.6. The molecule has 3 aromatic rings. The average Bonchev–Trinajstić information content (AvgIpc) is 2.77. The zero-order valence-corrected chi connectivity index (χ0v) is 17.7. The number of benzene rings is 3. The molecule has 0 aromatic heterocycles. The van der Waals surface area contributed by atoms with E-state index in [2.05, 4.69) is 5.32 Å². The number of para-hydroxylation sites is 3. The molecule has 0 unspecified atom stereocenters. The summed E-state index contributed by atoms with van der Waals surface area (Å²) >= 11 is 0. The third-order valence-corrected chi connectivity index (χ3v) is 6.25. The van der Waals surface area contributed by atoms with Crippen molar-refractivity contribution < 1.29 is 31.1 Å². The van der Waals surface area contributed by atoms with Crippen LogP contribution in [0.5, 0.6) is 5.75 Å². The van der Waals surface area contributed by atoms with E-state index in [1.54, 1.807) is 18.2 Å². The van der Waals surface area contributed by atoms with Crippen LogP contribution in [0.4, 0.5) is 24.5 Å². The topological polar surface area (TPSA) is 75.7 Å². The standard InChI is InChI=1S/C22H19F3N2O4S/c1-31-20-14-8-7-13-19(20)27(32(29,30)16-9-3-2-4-10-16)15-21(28)26-18-12-6-5-11-17(18)22(23,24)25/h2-14H,15H2,1H3,(H,26,28). The Bertz CT molecular complexity index is 1200. The summed E-state index contributed by atoms with van der Waals surface area (Å²) in [5.74, 6) is -0.775. The maximum Gasteiger partial charge on any atom is 0.418 e. The number of ether oxygens (including phenoxy) is 1. The van der Waals surface area contributed by atoms with Crippen LogP contribution in [0.15, 0.2) is 83.8 Å². The Morgan fingerprint density at radius 1 is 0.938 bits per heavy atom. The number of carbonyl (C=O) groups is 1. The fourth-order valence-electron chi connectivity index (χ4n) is 3.01. The van der Waals surface area contributed by atoms with Crippen molar-refractivity contribution in [2.75, 3.05) is 23.3 Å². The lowest BCUT2D eigenvalue weighted by molar-refractivity contribution is -0.137. The number of amides is 1. The first-order valence-corrected chi connectivity index (χ1v) is 10.8. The highest BCUT2D eigenvalue weighted by atomic mass is 32.2. The lowest BCUT2D eigenvalue weighted by Crippen LogP contribution is -2.38. The molecule has 10 heteroatoms. The number of sulfonamides is 1. The zero-order chi connectivity index (χ0) is 23.4. The molecule has 0 heterocycles. The Balaban J connectivity index is 2.00. The van der Waals surface area contributed by atoms with Gasteiger partial charge in [-0.25, -0.2) is 8.42 Å². The largest absolute Gasteiger partial charge is 0.495 e. The third kappa shape index (κ3) is 5.02. The molecule has 0 bridgehead atoms. The fraction of sp³-hybridized carbons (Fsp3) is 0.136. The summed E-state index contributed by atoms with van der Waals surface area (Å²) < 4.78 is 72.5. The highest BCUT2D eigenvalue weighted by Gasteiger charge is 2.34. The summed E-state index contributed by atoms with van der Waals surface area (Å²) in [5.41, 5.74) is -1.44. The molecule has 0 radical (unpaired) electrons. The summed E-state index contributed by atoms with van der Waals surface area (Å²) in [5, 5.41) is 2.17. The van der Waals surface area contributed by atoms with E-state index < -0.39 is 39.9 Å². The van der Waals surface area contributed by atoms with Gasteiger partial charge >= 0.3 is 6.18 Å². The number of halogens is 3. The van der Waals surface area contributed by atoms with Gasteiger partial charge in [-0.3, -0.25) is 9.10 Å². The molecular formula is C22H19F3N2O4S. The molecule has 168 valence electrons. The molecular weight excluding hydrogens is 445 g/mol. The predicted molar refractivity (Wildman–Crippen MR) is 114 cm³/mol. The van der Waals surface area contributed by atoms with Crippen molar-refractivity contribution in [3.05, 3.63) is 84.4 Å². The molecule has 0 aliphatic rings. The first-order chi connectivity index (χ1) is 15.1. The monoisotopic (exact) mass is 464 g/mol. The van der Waals surface area contributed by atoms with Gasteiger partial charge in [0, 0.05) is 0 Å². The molecule has 0 saturated carbocycles. The molecule has 1 N–H and O–H groups in total. The maximum absolute atomic E-state index is 13.3. The number of hydrogen-bond donors (Lipinski definition) is 1. The average molecular weight is 464 g/mol. The number of nitrogens with zero attached hydrogens (tertiary/aromatic N) is 1. The Morgan fingerprint density at radius 2 is 1.53 bits per heavy atom. The lowest BCUT2D eigenvalue weighted by Gasteiger charge is -2.26. The Kier molecular flexibility index (Phi) is 6.73. The number of hydrogen-bond acceptors (Lipinski definition) is 4. The summed E-state index contributed by atoms with van der Waals surface area (Å²) in [6.07, 6.45) is -4.69. The first-order valence-electron chi connectivity index (χ1n) is 9.31. The molecule has 0 fully saturated rings. The van der Waals surface area contributed by atoms with Gasteiger partial charge in [0.15, 0.2) is 0 Å². The van der Waals surface area contributed by atoms with Crippen LogP contribution in [0.1, 0.15) is 5.56 Å². The molecule has 0 aliphatic heterocycles. The quantitative estimate of drug-likeness (QED) is 0.557.